The average Bonchev–Trinajstić information content (AvgIpc) is 3.11. The summed E-state index contributed by atoms with van der Waals surface area (Å²) in [6, 6.07) is 21.0. The normalized spacial score (nSPS) is 14.4. The zero-order chi connectivity index (χ0) is 22.0. The third-order valence-corrected chi connectivity index (χ3v) is 5.75. The number of benzene rings is 3. The van der Waals surface area contributed by atoms with E-state index >= 15 is 0 Å². The minimum absolute atomic E-state index is 0.0575. The van der Waals surface area contributed by atoms with Crippen molar-refractivity contribution in [2.75, 3.05) is 13.2 Å². The van der Waals surface area contributed by atoms with Gasteiger partial charge in [0.05, 0.1) is 0 Å². The first-order valence-electron chi connectivity index (χ1n) is 10.2. The molecule has 0 fully saturated rings. The van der Waals surface area contributed by atoms with Gasteiger partial charge >= 0.3 is 6.09 Å². The summed E-state index contributed by atoms with van der Waals surface area (Å²) in [6.07, 6.45) is -3.32. The average molecular weight is 419 g/mol. The lowest BCUT2D eigenvalue weighted by molar-refractivity contribution is 0.0172. The quantitative estimate of drug-likeness (QED) is 0.489. The number of phenols is 1. The van der Waals surface area contributed by atoms with Crippen LogP contribution in [0, 0.1) is 6.92 Å². The van der Waals surface area contributed by atoms with Gasteiger partial charge < -0.3 is 25.4 Å². The second kappa shape index (κ2) is 8.79. The van der Waals surface area contributed by atoms with Crippen LogP contribution in [0.1, 0.15) is 34.3 Å². The minimum atomic E-state index is -1.34. The molecule has 0 radical (unpaired) electrons. The van der Waals surface area contributed by atoms with Crippen LogP contribution in [-0.2, 0) is 4.74 Å². The van der Waals surface area contributed by atoms with Crippen molar-refractivity contribution in [1.82, 2.24) is 5.32 Å². The zero-order valence-electron chi connectivity index (χ0n) is 17.2. The molecule has 0 heterocycles. The van der Waals surface area contributed by atoms with Crippen molar-refractivity contribution in [3.8, 4) is 16.9 Å². The number of aromatic hydroxyl groups is 1. The minimum Gasteiger partial charge on any atom is -0.507 e. The maximum Gasteiger partial charge on any atom is 0.407 e. The van der Waals surface area contributed by atoms with E-state index in [-0.39, 0.29) is 30.4 Å². The number of nitrogens with one attached hydrogen (secondary N) is 1. The fourth-order valence-corrected chi connectivity index (χ4v) is 4.08. The molecule has 0 aromatic heterocycles. The SMILES string of the molecule is Cc1cccc(C(O)C(O)CNC(=O)OCC2c3ccccc3-c3ccccc32)c1O. The van der Waals surface area contributed by atoms with Gasteiger partial charge in [-0.15, -0.1) is 0 Å². The summed E-state index contributed by atoms with van der Waals surface area (Å²) >= 11 is 0. The third kappa shape index (κ3) is 4.13. The van der Waals surface area contributed by atoms with E-state index in [0.29, 0.717) is 5.56 Å². The summed E-state index contributed by atoms with van der Waals surface area (Å²) in [4.78, 5) is 12.2. The number of aryl methyl sites for hydroxylation is 1. The molecule has 4 rings (SSSR count). The van der Waals surface area contributed by atoms with E-state index in [0.717, 1.165) is 22.3 Å². The fourth-order valence-electron chi connectivity index (χ4n) is 4.08. The van der Waals surface area contributed by atoms with Gasteiger partial charge in [-0.3, -0.25) is 0 Å². The van der Waals surface area contributed by atoms with Crippen LogP contribution >= 0.6 is 0 Å². The molecule has 6 nitrogen and oxygen atoms in total. The molecule has 2 atom stereocenters. The Balaban J connectivity index is 1.35. The van der Waals surface area contributed by atoms with Crippen LogP contribution in [0.4, 0.5) is 4.79 Å². The van der Waals surface area contributed by atoms with Gasteiger partial charge in [-0.05, 0) is 34.7 Å². The highest BCUT2D eigenvalue weighted by atomic mass is 16.5. The second-order valence-electron chi connectivity index (χ2n) is 7.73. The first kappa shape index (κ1) is 20.9. The smallest absolute Gasteiger partial charge is 0.407 e. The first-order valence-corrected chi connectivity index (χ1v) is 10.2. The van der Waals surface area contributed by atoms with E-state index < -0.39 is 18.3 Å². The molecule has 0 saturated heterocycles. The summed E-state index contributed by atoms with van der Waals surface area (Å²) in [5.41, 5.74) is 5.31. The molecule has 0 spiro atoms. The van der Waals surface area contributed by atoms with Crippen molar-refractivity contribution >= 4 is 6.09 Å². The predicted octanol–water partition coefficient (Wildman–Crippen LogP) is 3.63. The monoisotopic (exact) mass is 419 g/mol. The number of rotatable bonds is 6. The van der Waals surface area contributed by atoms with E-state index in [1.165, 1.54) is 6.07 Å². The summed E-state index contributed by atoms with van der Waals surface area (Å²) < 4.78 is 5.43. The highest BCUT2D eigenvalue weighted by Gasteiger charge is 2.29. The molecule has 1 aliphatic carbocycles. The Labute approximate surface area is 180 Å². The number of aliphatic hydroxyl groups is 2. The highest BCUT2D eigenvalue weighted by Crippen LogP contribution is 2.44. The van der Waals surface area contributed by atoms with Crippen molar-refractivity contribution in [3.63, 3.8) is 0 Å². The highest BCUT2D eigenvalue weighted by molar-refractivity contribution is 5.79. The Hall–Kier alpha value is -3.35. The number of alkyl carbamates (subject to hydrolysis) is 1. The lowest BCUT2D eigenvalue weighted by atomic mass is 9.98. The van der Waals surface area contributed by atoms with Gasteiger partial charge in [0.1, 0.15) is 24.6 Å². The molecule has 31 heavy (non-hydrogen) atoms. The van der Waals surface area contributed by atoms with Gasteiger partial charge in [0.2, 0.25) is 0 Å². The number of phenolic OH excluding ortho intramolecular Hbond substituents is 1. The Morgan fingerprint density at radius 3 is 2.23 bits per heavy atom. The third-order valence-electron chi connectivity index (χ3n) is 5.75. The summed E-state index contributed by atoms with van der Waals surface area (Å²) in [5.74, 6) is -0.131. The van der Waals surface area contributed by atoms with Gasteiger partial charge in [-0.25, -0.2) is 4.79 Å². The summed E-state index contributed by atoms with van der Waals surface area (Å²) in [6.45, 7) is 1.65. The van der Waals surface area contributed by atoms with Crippen molar-refractivity contribution in [1.29, 1.82) is 0 Å². The molecule has 0 aliphatic heterocycles. The molecule has 0 saturated carbocycles. The molecule has 0 bridgehead atoms. The lowest BCUT2D eigenvalue weighted by Gasteiger charge is -2.20. The van der Waals surface area contributed by atoms with Crippen LogP contribution in [0.25, 0.3) is 11.1 Å². The van der Waals surface area contributed by atoms with Gasteiger partial charge in [0.15, 0.2) is 0 Å². The topological polar surface area (TPSA) is 99.0 Å². The number of amides is 1. The fraction of sp³-hybridized carbons (Fsp3) is 0.240. The molecule has 1 amide bonds. The lowest BCUT2D eigenvalue weighted by Crippen LogP contribution is -2.36. The number of aliphatic hydroxyl groups excluding tert-OH is 2. The van der Waals surface area contributed by atoms with Crippen molar-refractivity contribution < 1.29 is 24.9 Å². The van der Waals surface area contributed by atoms with Crippen LogP contribution in [-0.4, -0.2) is 40.7 Å². The van der Waals surface area contributed by atoms with Gasteiger partial charge in [-0.2, -0.15) is 0 Å². The first-order chi connectivity index (χ1) is 15.0. The number of carbonyl (C=O) groups excluding carboxylic acids is 1. The van der Waals surface area contributed by atoms with Crippen LogP contribution in [0.5, 0.6) is 5.75 Å². The number of carbonyl (C=O) groups is 1. The molecule has 3 aromatic rings. The van der Waals surface area contributed by atoms with E-state index in [1.54, 1.807) is 19.1 Å². The van der Waals surface area contributed by atoms with Crippen molar-refractivity contribution in [3.05, 3.63) is 89.0 Å². The van der Waals surface area contributed by atoms with Crippen LogP contribution in [0.2, 0.25) is 0 Å². The second-order valence-corrected chi connectivity index (χ2v) is 7.73. The Bertz CT molecular complexity index is 1050. The molecule has 2 unspecified atom stereocenters. The van der Waals surface area contributed by atoms with E-state index in [4.69, 9.17) is 4.74 Å². The number of para-hydroxylation sites is 1. The number of ether oxygens (including phenoxy) is 1. The van der Waals surface area contributed by atoms with Crippen LogP contribution in [0.15, 0.2) is 66.7 Å². The molecule has 1 aliphatic rings. The van der Waals surface area contributed by atoms with Gasteiger partial charge in [-0.1, -0.05) is 66.7 Å². The van der Waals surface area contributed by atoms with Crippen LogP contribution < -0.4 is 5.32 Å². The molecule has 6 heteroatoms. The predicted molar refractivity (Wildman–Crippen MR) is 117 cm³/mol. The number of hydrogen-bond donors (Lipinski definition) is 4. The summed E-state index contributed by atoms with van der Waals surface area (Å²) in [7, 11) is 0. The molecule has 4 N–H and O–H groups in total. The van der Waals surface area contributed by atoms with E-state index in [2.05, 4.69) is 17.4 Å². The summed E-state index contributed by atoms with van der Waals surface area (Å²) in [5, 5.41) is 33.1. The van der Waals surface area contributed by atoms with Gasteiger partial charge in [0, 0.05) is 18.0 Å². The van der Waals surface area contributed by atoms with Crippen molar-refractivity contribution in [2.24, 2.45) is 0 Å². The largest absolute Gasteiger partial charge is 0.507 e. The molecule has 160 valence electrons. The maximum atomic E-state index is 12.2. The maximum absolute atomic E-state index is 12.2. The van der Waals surface area contributed by atoms with E-state index in [1.807, 2.05) is 36.4 Å². The Morgan fingerprint density at radius 2 is 1.58 bits per heavy atom. The molecular formula is C25H25NO5. The van der Waals surface area contributed by atoms with Crippen molar-refractivity contribution in [2.45, 2.75) is 25.0 Å². The van der Waals surface area contributed by atoms with Gasteiger partial charge in [0.25, 0.3) is 0 Å². The van der Waals surface area contributed by atoms with E-state index in [9.17, 15) is 20.1 Å². The van der Waals surface area contributed by atoms with Crippen LogP contribution in [0.3, 0.4) is 0 Å². The molecule has 3 aromatic carbocycles. The number of fused-ring (bicyclic) bond motifs is 3. The molecular weight excluding hydrogens is 394 g/mol. The Kier molecular flexibility index (Phi) is 5.93. The zero-order valence-corrected chi connectivity index (χ0v) is 17.2. The Morgan fingerprint density at radius 1 is 0.968 bits per heavy atom. The standard InChI is InChI=1S/C25H25NO5/c1-15-7-6-12-20(23(15)28)24(29)22(27)13-26-25(30)31-14-21-18-10-4-2-8-16(18)17-9-3-5-11-19(17)21/h2-12,21-22,24,27-29H,13-14H2,1H3,(H,26,30). The number of hydrogen-bond acceptors (Lipinski definition) is 5.